The van der Waals surface area contributed by atoms with E-state index in [9.17, 15) is 4.79 Å². The van der Waals surface area contributed by atoms with Gasteiger partial charge in [0.05, 0.1) is 14.2 Å². The molecule has 0 saturated heterocycles. The van der Waals surface area contributed by atoms with Crippen LogP contribution in [0.5, 0.6) is 0 Å². The molecule has 0 fully saturated rings. The van der Waals surface area contributed by atoms with Gasteiger partial charge in [-0.3, -0.25) is 4.79 Å². The highest BCUT2D eigenvalue weighted by Crippen LogP contribution is 2.34. The van der Waals surface area contributed by atoms with Crippen molar-refractivity contribution in [2.24, 2.45) is 5.41 Å². The maximum absolute atomic E-state index is 10.9. The molecule has 2 nitrogen and oxygen atoms in total. The minimum atomic E-state index is -0.760. The van der Waals surface area contributed by atoms with Gasteiger partial charge in [0.25, 0.3) is 0 Å². The van der Waals surface area contributed by atoms with E-state index in [0.29, 0.717) is 11.4 Å². The molecule has 0 radical (unpaired) electrons. The molecule has 0 saturated carbocycles. The predicted molar refractivity (Wildman–Crippen MR) is 66.8 cm³/mol. The molecule has 0 amide bonds. The first-order valence-electron chi connectivity index (χ1n) is 4.50. The average Bonchev–Trinajstić information content (AvgIpc) is 2.43. The number of hydrogen-bond donors (Lipinski definition) is 1. The molecule has 0 aliphatic heterocycles. The van der Waals surface area contributed by atoms with Crippen molar-refractivity contribution in [2.45, 2.75) is 26.7 Å². The van der Waals surface area contributed by atoms with E-state index in [1.54, 1.807) is 25.2 Å². The second-order valence-electron chi connectivity index (χ2n) is 4.02. The van der Waals surface area contributed by atoms with Crippen LogP contribution in [0.3, 0.4) is 0 Å². The first kappa shape index (κ1) is 13.0. The van der Waals surface area contributed by atoms with E-state index >= 15 is 0 Å². The Labute approximate surface area is 106 Å². The van der Waals surface area contributed by atoms with Crippen molar-refractivity contribution in [3.05, 3.63) is 19.8 Å². The molecular formula is C10H12BrClO2S. The highest BCUT2D eigenvalue weighted by molar-refractivity contribution is 9.11. The number of hydrogen-bond acceptors (Lipinski definition) is 2. The maximum Gasteiger partial charge on any atom is 0.309 e. The lowest BCUT2D eigenvalue weighted by molar-refractivity contribution is -0.147. The van der Waals surface area contributed by atoms with Crippen LogP contribution >= 0.6 is 38.9 Å². The monoisotopic (exact) mass is 310 g/mol. The third kappa shape index (κ3) is 3.47. The van der Waals surface area contributed by atoms with Crippen molar-refractivity contribution in [1.82, 2.24) is 0 Å². The van der Waals surface area contributed by atoms with Gasteiger partial charge in [0.2, 0.25) is 0 Å². The second kappa shape index (κ2) is 4.85. The number of halogens is 2. The highest BCUT2D eigenvalue weighted by Gasteiger charge is 2.26. The minimum Gasteiger partial charge on any atom is -0.481 e. The standard InChI is InChI=1S/C10H12BrClO2S/c1-10(2,9(13)14)4-3-6-5-7(12)8(11)15-6/h5H,3-4H2,1-2H3,(H,13,14). The lowest BCUT2D eigenvalue weighted by Crippen LogP contribution is -2.23. The first-order chi connectivity index (χ1) is 6.83. The predicted octanol–water partition coefficient (Wildman–Crippen LogP) is 4.21. The normalized spacial score (nSPS) is 11.7. The molecule has 84 valence electrons. The van der Waals surface area contributed by atoms with Gasteiger partial charge in [-0.15, -0.1) is 11.3 Å². The molecule has 1 aromatic rings. The number of carbonyl (C=O) groups is 1. The van der Waals surface area contributed by atoms with Crippen LogP contribution in [0, 0.1) is 5.41 Å². The van der Waals surface area contributed by atoms with Crippen LogP contribution in [0.1, 0.15) is 25.1 Å². The Hall–Kier alpha value is -0.0600. The first-order valence-corrected chi connectivity index (χ1v) is 6.49. The van der Waals surface area contributed by atoms with E-state index in [1.165, 1.54) is 0 Å². The lowest BCUT2D eigenvalue weighted by atomic mass is 9.88. The molecule has 1 rings (SSSR count). The molecule has 1 N–H and O–H groups in total. The van der Waals surface area contributed by atoms with Crippen molar-refractivity contribution in [1.29, 1.82) is 0 Å². The average molecular weight is 312 g/mol. The summed E-state index contributed by atoms with van der Waals surface area (Å²) < 4.78 is 0.910. The molecule has 0 unspecified atom stereocenters. The van der Waals surface area contributed by atoms with Gasteiger partial charge < -0.3 is 5.11 Å². The molecule has 0 aromatic carbocycles. The summed E-state index contributed by atoms with van der Waals surface area (Å²) in [4.78, 5) is 12.0. The SMILES string of the molecule is CC(C)(CCc1cc(Cl)c(Br)s1)C(=O)O. The third-order valence-electron chi connectivity index (χ3n) is 2.27. The Morgan fingerprint density at radius 2 is 2.27 bits per heavy atom. The number of aliphatic carboxylic acids is 1. The Kier molecular flexibility index (Phi) is 4.20. The molecule has 0 bridgehead atoms. The van der Waals surface area contributed by atoms with Gasteiger partial charge in [-0.05, 0) is 48.7 Å². The molecule has 5 heteroatoms. The fourth-order valence-electron chi connectivity index (χ4n) is 1.06. The van der Waals surface area contributed by atoms with E-state index in [0.717, 1.165) is 15.1 Å². The van der Waals surface area contributed by atoms with E-state index < -0.39 is 11.4 Å². The number of thiophene rings is 1. The Bertz CT molecular complexity index is 354. The highest BCUT2D eigenvalue weighted by atomic mass is 79.9. The van der Waals surface area contributed by atoms with E-state index in [1.807, 2.05) is 6.07 Å². The van der Waals surface area contributed by atoms with E-state index in [-0.39, 0.29) is 0 Å². The fraction of sp³-hybridized carbons (Fsp3) is 0.500. The van der Waals surface area contributed by atoms with Gasteiger partial charge in [0, 0.05) is 4.88 Å². The van der Waals surface area contributed by atoms with Crippen molar-refractivity contribution < 1.29 is 9.90 Å². The quantitative estimate of drug-likeness (QED) is 0.904. The van der Waals surface area contributed by atoms with Crippen molar-refractivity contribution in [3.8, 4) is 0 Å². The van der Waals surface area contributed by atoms with Crippen LogP contribution < -0.4 is 0 Å². The Balaban J connectivity index is 2.61. The summed E-state index contributed by atoms with van der Waals surface area (Å²) in [5.74, 6) is -0.760. The van der Waals surface area contributed by atoms with Gasteiger partial charge in [-0.25, -0.2) is 0 Å². The van der Waals surface area contributed by atoms with Crippen LogP contribution in [0.15, 0.2) is 9.85 Å². The molecular weight excluding hydrogens is 300 g/mol. The summed E-state index contributed by atoms with van der Waals surface area (Å²) in [6.45, 7) is 3.47. The van der Waals surface area contributed by atoms with Crippen LogP contribution in [0.2, 0.25) is 5.02 Å². The third-order valence-corrected chi connectivity index (χ3v) is 4.81. The number of carboxylic acids is 1. The topological polar surface area (TPSA) is 37.3 Å². The number of aryl methyl sites for hydroxylation is 1. The summed E-state index contributed by atoms with van der Waals surface area (Å²) in [7, 11) is 0. The van der Waals surface area contributed by atoms with Crippen LogP contribution in [-0.2, 0) is 11.2 Å². The van der Waals surface area contributed by atoms with Gasteiger partial charge in [-0.1, -0.05) is 11.6 Å². The van der Waals surface area contributed by atoms with Crippen LogP contribution in [0.25, 0.3) is 0 Å². The Morgan fingerprint density at radius 1 is 1.67 bits per heavy atom. The number of rotatable bonds is 4. The largest absolute Gasteiger partial charge is 0.481 e. The van der Waals surface area contributed by atoms with Gasteiger partial charge in [0.1, 0.15) is 0 Å². The second-order valence-corrected chi connectivity index (χ2v) is 6.89. The molecule has 1 heterocycles. The van der Waals surface area contributed by atoms with Crippen molar-refractivity contribution >= 4 is 44.8 Å². The van der Waals surface area contributed by atoms with Gasteiger partial charge in [-0.2, -0.15) is 0 Å². The molecule has 0 atom stereocenters. The zero-order valence-electron chi connectivity index (χ0n) is 8.51. The minimum absolute atomic E-state index is 0.617. The van der Waals surface area contributed by atoms with Crippen molar-refractivity contribution in [2.75, 3.05) is 0 Å². The summed E-state index contributed by atoms with van der Waals surface area (Å²) in [6, 6.07) is 1.88. The molecule has 0 aliphatic carbocycles. The van der Waals surface area contributed by atoms with Crippen molar-refractivity contribution in [3.63, 3.8) is 0 Å². The summed E-state index contributed by atoms with van der Waals surface area (Å²) >= 11 is 10.8. The fourth-order valence-corrected chi connectivity index (χ4v) is 2.88. The van der Waals surface area contributed by atoms with Crippen LogP contribution in [-0.4, -0.2) is 11.1 Å². The number of carboxylic acid groups (broad SMARTS) is 1. The van der Waals surface area contributed by atoms with Crippen LogP contribution in [0.4, 0.5) is 0 Å². The zero-order chi connectivity index (χ0) is 11.6. The summed E-state index contributed by atoms with van der Waals surface area (Å²) in [5, 5.41) is 9.64. The lowest BCUT2D eigenvalue weighted by Gasteiger charge is -2.17. The maximum atomic E-state index is 10.9. The smallest absolute Gasteiger partial charge is 0.309 e. The van der Waals surface area contributed by atoms with Gasteiger partial charge in [0.15, 0.2) is 0 Å². The Morgan fingerprint density at radius 3 is 2.67 bits per heavy atom. The molecule has 1 aromatic heterocycles. The summed E-state index contributed by atoms with van der Waals surface area (Å²) in [6.07, 6.45) is 1.36. The zero-order valence-corrected chi connectivity index (χ0v) is 11.7. The molecule has 0 spiro atoms. The van der Waals surface area contributed by atoms with Gasteiger partial charge >= 0.3 is 5.97 Å². The van der Waals surface area contributed by atoms with E-state index in [2.05, 4.69) is 15.9 Å². The summed E-state index contributed by atoms with van der Waals surface area (Å²) in [5.41, 5.74) is -0.678. The van der Waals surface area contributed by atoms with E-state index in [4.69, 9.17) is 16.7 Å². The molecule has 15 heavy (non-hydrogen) atoms. The molecule has 0 aliphatic rings.